The molecule has 1 atom stereocenters. The molecule has 0 radical (unpaired) electrons. The minimum absolute atomic E-state index is 0.0156. The molecule has 0 spiro atoms. The molecule has 0 saturated heterocycles. The normalized spacial score (nSPS) is 11.7. The second-order valence-electron chi connectivity index (χ2n) is 4.03. The molecule has 0 saturated carbocycles. The fourth-order valence-electron chi connectivity index (χ4n) is 1.47. The summed E-state index contributed by atoms with van der Waals surface area (Å²) < 4.78 is 5.32. The highest BCUT2D eigenvalue weighted by atomic mass is 35.5. The number of aliphatic carboxylic acids is 1. The van der Waals surface area contributed by atoms with E-state index < -0.39 is 17.9 Å². The number of carbonyl (C=O) groups excluding carboxylic acids is 1. The van der Waals surface area contributed by atoms with Crippen molar-refractivity contribution in [3.05, 3.63) is 29.3 Å². The van der Waals surface area contributed by atoms with Gasteiger partial charge in [0.25, 0.3) is 0 Å². The first-order valence-corrected chi connectivity index (χ1v) is 6.42. The van der Waals surface area contributed by atoms with Gasteiger partial charge < -0.3 is 20.3 Å². The molecule has 1 aromatic rings. The Bertz CT molecular complexity index is 466. The summed E-state index contributed by atoms with van der Waals surface area (Å²) >= 11 is 5.78. The van der Waals surface area contributed by atoms with E-state index in [-0.39, 0.29) is 26.1 Å². The highest BCUT2D eigenvalue weighted by Gasteiger charge is 2.18. The van der Waals surface area contributed by atoms with Crippen molar-refractivity contribution in [1.29, 1.82) is 0 Å². The number of nitrogens with one attached hydrogen (secondary N) is 1. The summed E-state index contributed by atoms with van der Waals surface area (Å²) in [6.45, 7) is -0.200. The highest BCUT2D eigenvalue weighted by Crippen LogP contribution is 2.17. The van der Waals surface area contributed by atoms with E-state index in [1.165, 1.54) is 0 Å². The Morgan fingerprint density at radius 2 is 2.15 bits per heavy atom. The molecular formula is C13H16ClNO5. The average molecular weight is 302 g/mol. The van der Waals surface area contributed by atoms with E-state index in [9.17, 15) is 9.59 Å². The van der Waals surface area contributed by atoms with Gasteiger partial charge in [0.15, 0.2) is 0 Å². The lowest BCUT2D eigenvalue weighted by atomic mass is 10.2. The molecule has 1 aromatic carbocycles. The lowest BCUT2D eigenvalue weighted by Crippen LogP contribution is -2.41. The lowest BCUT2D eigenvalue weighted by Gasteiger charge is -2.13. The van der Waals surface area contributed by atoms with Crippen LogP contribution < -0.4 is 10.1 Å². The van der Waals surface area contributed by atoms with Crippen LogP contribution in [0.1, 0.15) is 12.8 Å². The topological polar surface area (TPSA) is 95.9 Å². The summed E-state index contributed by atoms with van der Waals surface area (Å²) in [5.41, 5.74) is 0. The fourth-order valence-corrected chi connectivity index (χ4v) is 1.65. The zero-order valence-corrected chi connectivity index (χ0v) is 11.5. The number of aliphatic hydroxyl groups is 1. The maximum absolute atomic E-state index is 11.5. The van der Waals surface area contributed by atoms with Crippen molar-refractivity contribution >= 4 is 23.5 Å². The number of amides is 1. The van der Waals surface area contributed by atoms with Gasteiger partial charge in [0.2, 0.25) is 5.91 Å². The van der Waals surface area contributed by atoms with Gasteiger partial charge in [0, 0.05) is 18.1 Å². The van der Waals surface area contributed by atoms with E-state index in [1.807, 2.05) is 0 Å². The number of hydrogen-bond acceptors (Lipinski definition) is 4. The van der Waals surface area contributed by atoms with Crippen LogP contribution in [0.25, 0.3) is 0 Å². The third-order valence-electron chi connectivity index (χ3n) is 2.45. The van der Waals surface area contributed by atoms with Gasteiger partial charge in [0.05, 0.1) is 13.0 Å². The maximum atomic E-state index is 11.5. The van der Waals surface area contributed by atoms with E-state index >= 15 is 0 Å². The van der Waals surface area contributed by atoms with Crippen LogP contribution in [0, 0.1) is 0 Å². The Labute approximate surface area is 121 Å². The number of carboxylic acid groups (broad SMARTS) is 1. The average Bonchev–Trinajstić information content (AvgIpc) is 2.38. The first kappa shape index (κ1) is 16.3. The molecule has 0 fully saturated rings. The number of rotatable bonds is 8. The van der Waals surface area contributed by atoms with Crippen molar-refractivity contribution in [1.82, 2.24) is 5.32 Å². The Hall–Kier alpha value is -1.79. The van der Waals surface area contributed by atoms with E-state index in [1.54, 1.807) is 24.3 Å². The van der Waals surface area contributed by atoms with Crippen molar-refractivity contribution in [3.63, 3.8) is 0 Å². The molecule has 0 aliphatic rings. The molecule has 0 aliphatic carbocycles. The molecular weight excluding hydrogens is 286 g/mol. The first-order valence-electron chi connectivity index (χ1n) is 6.04. The van der Waals surface area contributed by atoms with E-state index in [0.29, 0.717) is 10.8 Å². The summed E-state index contributed by atoms with van der Waals surface area (Å²) in [5.74, 6) is -1.09. The molecule has 110 valence electrons. The molecule has 6 nitrogen and oxygen atoms in total. The number of benzene rings is 1. The van der Waals surface area contributed by atoms with Gasteiger partial charge in [-0.05, 0) is 18.2 Å². The zero-order valence-electron chi connectivity index (χ0n) is 10.7. The van der Waals surface area contributed by atoms with Gasteiger partial charge in [-0.1, -0.05) is 17.7 Å². The summed E-state index contributed by atoms with van der Waals surface area (Å²) in [4.78, 5) is 22.3. The summed E-state index contributed by atoms with van der Waals surface area (Å²) in [6.07, 6.45) is -0.0159. The van der Waals surface area contributed by atoms with Crippen LogP contribution in [0.5, 0.6) is 5.75 Å². The van der Waals surface area contributed by atoms with E-state index in [0.717, 1.165) is 0 Å². The Balaban J connectivity index is 2.34. The van der Waals surface area contributed by atoms with Crippen LogP contribution in [-0.2, 0) is 9.59 Å². The van der Waals surface area contributed by atoms with Gasteiger partial charge in [-0.25, -0.2) is 4.79 Å². The number of carboxylic acids is 1. The largest absolute Gasteiger partial charge is 0.493 e. The van der Waals surface area contributed by atoms with Gasteiger partial charge in [-0.3, -0.25) is 4.79 Å². The van der Waals surface area contributed by atoms with Crippen LogP contribution >= 0.6 is 11.6 Å². The maximum Gasteiger partial charge on any atom is 0.326 e. The van der Waals surface area contributed by atoms with E-state index in [4.69, 9.17) is 26.6 Å². The number of aliphatic hydroxyl groups excluding tert-OH is 1. The predicted octanol–water partition coefficient (Wildman–Crippen LogP) is 1.06. The summed E-state index contributed by atoms with van der Waals surface area (Å²) in [5, 5.41) is 20.4. The number of hydrogen-bond donors (Lipinski definition) is 3. The predicted molar refractivity (Wildman–Crippen MR) is 72.8 cm³/mol. The van der Waals surface area contributed by atoms with Crippen LogP contribution in [0.4, 0.5) is 0 Å². The summed E-state index contributed by atoms with van der Waals surface area (Å²) in [7, 11) is 0. The monoisotopic (exact) mass is 301 g/mol. The minimum atomic E-state index is -1.18. The Morgan fingerprint density at radius 1 is 1.40 bits per heavy atom. The Morgan fingerprint density at radius 3 is 2.75 bits per heavy atom. The second-order valence-corrected chi connectivity index (χ2v) is 4.46. The van der Waals surface area contributed by atoms with Gasteiger partial charge >= 0.3 is 5.97 Å². The van der Waals surface area contributed by atoms with Gasteiger partial charge in [0.1, 0.15) is 11.8 Å². The van der Waals surface area contributed by atoms with Crippen LogP contribution in [0.2, 0.25) is 5.02 Å². The van der Waals surface area contributed by atoms with Crippen LogP contribution in [0.15, 0.2) is 24.3 Å². The molecule has 20 heavy (non-hydrogen) atoms. The Kier molecular flexibility index (Phi) is 6.83. The summed E-state index contributed by atoms with van der Waals surface area (Å²) in [6, 6.07) is 5.66. The molecule has 1 amide bonds. The fraction of sp³-hybridized carbons (Fsp3) is 0.385. The number of ether oxygens (including phenoxy) is 1. The molecule has 3 N–H and O–H groups in total. The van der Waals surface area contributed by atoms with E-state index in [2.05, 4.69) is 5.32 Å². The van der Waals surface area contributed by atoms with Crippen LogP contribution in [0.3, 0.4) is 0 Å². The first-order chi connectivity index (χ1) is 9.52. The molecule has 1 rings (SSSR count). The number of halogens is 1. The van der Waals surface area contributed by atoms with Gasteiger partial charge in [-0.2, -0.15) is 0 Å². The third-order valence-corrected chi connectivity index (χ3v) is 2.68. The van der Waals surface area contributed by atoms with Crippen molar-refractivity contribution < 1.29 is 24.5 Å². The molecule has 0 aromatic heterocycles. The highest BCUT2D eigenvalue weighted by molar-refractivity contribution is 6.30. The molecule has 0 bridgehead atoms. The zero-order chi connectivity index (χ0) is 15.0. The van der Waals surface area contributed by atoms with Crippen molar-refractivity contribution in [2.75, 3.05) is 13.2 Å². The standard InChI is InChI=1S/C13H16ClNO5/c14-9-2-1-3-10(8-9)20-7-5-12(17)15-11(4-6-16)13(18)19/h1-3,8,11,16H,4-7H2,(H,15,17)(H,18,19)/t11-/m0/s1. The van der Waals surface area contributed by atoms with Gasteiger partial charge in [-0.15, -0.1) is 0 Å². The van der Waals surface area contributed by atoms with Crippen LogP contribution in [-0.4, -0.2) is 41.3 Å². The number of carbonyl (C=O) groups is 2. The second kappa shape index (κ2) is 8.39. The van der Waals surface area contributed by atoms with Crippen molar-refractivity contribution in [2.24, 2.45) is 0 Å². The third kappa shape index (κ3) is 5.90. The smallest absolute Gasteiger partial charge is 0.326 e. The lowest BCUT2D eigenvalue weighted by molar-refractivity contribution is -0.142. The molecule has 0 heterocycles. The van der Waals surface area contributed by atoms with Crippen molar-refractivity contribution in [3.8, 4) is 5.75 Å². The SMILES string of the molecule is O=C(CCOc1cccc(Cl)c1)N[C@@H](CCO)C(=O)O. The molecule has 0 unspecified atom stereocenters. The quantitative estimate of drug-likeness (QED) is 0.667. The van der Waals surface area contributed by atoms with Crippen molar-refractivity contribution in [2.45, 2.75) is 18.9 Å². The molecule has 7 heteroatoms. The minimum Gasteiger partial charge on any atom is -0.493 e. The molecule has 0 aliphatic heterocycles.